The van der Waals surface area contributed by atoms with E-state index >= 15 is 0 Å². The summed E-state index contributed by atoms with van der Waals surface area (Å²) < 4.78 is 6.85. The summed E-state index contributed by atoms with van der Waals surface area (Å²) in [7, 11) is 1.59. The number of hydrogen-bond donors (Lipinski definition) is 0. The largest absolute Gasteiger partial charge is 0.495 e. The van der Waals surface area contributed by atoms with Gasteiger partial charge in [-0.05, 0) is 18.9 Å². The summed E-state index contributed by atoms with van der Waals surface area (Å²) in [5.41, 5.74) is 1.67. The van der Waals surface area contributed by atoms with Crippen LogP contribution in [0.3, 0.4) is 0 Å². The van der Waals surface area contributed by atoms with Crippen LogP contribution in [0.5, 0.6) is 5.75 Å². The summed E-state index contributed by atoms with van der Waals surface area (Å²) in [5, 5.41) is 5.06. The van der Waals surface area contributed by atoms with E-state index in [1.54, 1.807) is 24.2 Å². The second-order valence-corrected chi connectivity index (χ2v) is 7.19. The topological polar surface area (TPSA) is 75.3 Å². The predicted octanol–water partition coefficient (Wildman–Crippen LogP) is 2.54. The van der Waals surface area contributed by atoms with Crippen molar-refractivity contribution in [2.45, 2.75) is 6.54 Å². The van der Waals surface area contributed by atoms with E-state index in [1.165, 1.54) is 0 Å². The molecule has 0 saturated carbocycles. The lowest BCUT2D eigenvalue weighted by Crippen LogP contribution is -2.49. The van der Waals surface area contributed by atoms with Gasteiger partial charge in [-0.1, -0.05) is 23.2 Å². The van der Waals surface area contributed by atoms with Gasteiger partial charge in [0, 0.05) is 49.7 Å². The number of piperazine rings is 1. The molecular weight excluding hydrogens is 415 g/mol. The molecule has 8 nitrogen and oxygen atoms in total. The maximum absolute atomic E-state index is 12.6. The number of nitrogens with zero attached hydrogens (tertiary/aromatic N) is 6. The average molecular weight is 437 g/mol. The molecule has 1 aromatic heterocycles. The molecule has 10 heteroatoms. The number of carbonyl (C=O) groups excluding carboxylic acids is 1. The van der Waals surface area contributed by atoms with Gasteiger partial charge >= 0.3 is 0 Å². The first-order valence-corrected chi connectivity index (χ1v) is 9.79. The summed E-state index contributed by atoms with van der Waals surface area (Å²) >= 11 is 12.2. The zero-order chi connectivity index (χ0) is 20.8. The summed E-state index contributed by atoms with van der Waals surface area (Å²) in [5.74, 6) is 0.650. The second-order valence-electron chi connectivity index (χ2n) is 6.43. The highest BCUT2D eigenvalue weighted by Gasteiger charge is 2.22. The van der Waals surface area contributed by atoms with Crippen molar-refractivity contribution in [2.24, 2.45) is 9.98 Å². The molecule has 2 heterocycles. The third-order valence-electron chi connectivity index (χ3n) is 4.61. The highest BCUT2D eigenvalue weighted by atomic mass is 35.5. The van der Waals surface area contributed by atoms with Crippen LogP contribution in [0, 0.1) is 0 Å². The lowest BCUT2D eigenvalue weighted by atomic mass is 10.2. The van der Waals surface area contributed by atoms with Crippen molar-refractivity contribution < 1.29 is 9.53 Å². The molecule has 1 amide bonds. The number of aromatic nitrogens is 2. The fourth-order valence-corrected chi connectivity index (χ4v) is 3.40. The fraction of sp³-hybridized carbons (Fsp3) is 0.368. The molecule has 0 spiro atoms. The maximum Gasteiger partial charge on any atom is 0.244 e. The SMILES string of the molecule is C=NC/N=C(/Cl)c1cnn(CC(=O)N2CCN(c3ccc(Cl)c(OC)c3)CC2)c1. The number of carbonyl (C=O) groups is 1. The van der Waals surface area contributed by atoms with E-state index < -0.39 is 0 Å². The van der Waals surface area contributed by atoms with Crippen LogP contribution in [0.4, 0.5) is 5.69 Å². The molecule has 0 radical (unpaired) electrons. The molecule has 1 aliphatic rings. The van der Waals surface area contributed by atoms with Crippen molar-refractivity contribution in [3.63, 3.8) is 0 Å². The summed E-state index contributed by atoms with van der Waals surface area (Å²) in [4.78, 5) is 24.3. The van der Waals surface area contributed by atoms with Crippen LogP contribution >= 0.6 is 23.2 Å². The van der Waals surface area contributed by atoms with Crippen molar-refractivity contribution in [1.82, 2.24) is 14.7 Å². The fourth-order valence-electron chi connectivity index (χ4n) is 3.06. The van der Waals surface area contributed by atoms with Crippen LogP contribution in [0.15, 0.2) is 40.6 Å². The molecule has 1 aromatic carbocycles. The van der Waals surface area contributed by atoms with Gasteiger partial charge in [-0.15, -0.1) is 0 Å². The average Bonchev–Trinajstić information content (AvgIpc) is 3.21. The minimum absolute atomic E-state index is 0.00815. The first kappa shape index (κ1) is 21.1. The number of hydrogen-bond acceptors (Lipinski definition) is 6. The lowest BCUT2D eigenvalue weighted by Gasteiger charge is -2.36. The molecule has 0 atom stereocenters. The number of anilines is 1. The monoisotopic (exact) mass is 436 g/mol. The number of amides is 1. The highest BCUT2D eigenvalue weighted by Crippen LogP contribution is 2.29. The predicted molar refractivity (Wildman–Crippen MR) is 116 cm³/mol. The van der Waals surface area contributed by atoms with Gasteiger partial charge in [0.2, 0.25) is 5.91 Å². The van der Waals surface area contributed by atoms with Crippen LogP contribution < -0.4 is 9.64 Å². The Morgan fingerprint density at radius 2 is 2.07 bits per heavy atom. The smallest absolute Gasteiger partial charge is 0.244 e. The number of ether oxygens (including phenoxy) is 1. The van der Waals surface area contributed by atoms with Gasteiger partial charge in [-0.3, -0.25) is 14.5 Å². The maximum atomic E-state index is 12.6. The van der Waals surface area contributed by atoms with E-state index in [0.717, 1.165) is 18.8 Å². The molecule has 0 N–H and O–H groups in total. The van der Waals surface area contributed by atoms with Crippen LogP contribution in [-0.2, 0) is 11.3 Å². The van der Waals surface area contributed by atoms with E-state index in [9.17, 15) is 4.79 Å². The summed E-state index contributed by atoms with van der Waals surface area (Å²) in [6.07, 6.45) is 3.27. The second kappa shape index (κ2) is 9.76. The molecule has 2 aromatic rings. The molecule has 0 unspecified atom stereocenters. The van der Waals surface area contributed by atoms with Crippen molar-refractivity contribution >= 4 is 46.7 Å². The van der Waals surface area contributed by atoms with Crippen molar-refractivity contribution in [1.29, 1.82) is 0 Å². The van der Waals surface area contributed by atoms with E-state index in [1.807, 2.05) is 23.1 Å². The Morgan fingerprint density at radius 3 is 2.76 bits per heavy atom. The third-order valence-corrected chi connectivity index (χ3v) is 5.26. The quantitative estimate of drug-likeness (QED) is 0.624. The highest BCUT2D eigenvalue weighted by molar-refractivity contribution is 6.69. The Kier molecular flexibility index (Phi) is 7.11. The number of rotatable bonds is 7. The number of halogens is 2. The summed E-state index contributed by atoms with van der Waals surface area (Å²) in [6, 6.07) is 5.70. The molecule has 1 fully saturated rings. The zero-order valence-corrected chi connectivity index (χ0v) is 17.6. The van der Waals surface area contributed by atoms with Gasteiger partial charge < -0.3 is 14.5 Å². The van der Waals surface area contributed by atoms with E-state index in [4.69, 9.17) is 27.9 Å². The Morgan fingerprint density at radius 1 is 1.31 bits per heavy atom. The summed E-state index contributed by atoms with van der Waals surface area (Å²) in [6.45, 7) is 6.42. The molecular formula is C19H22Cl2N6O2. The number of benzene rings is 1. The molecule has 1 saturated heterocycles. The van der Waals surface area contributed by atoms with Crippen LogP contribution in [-0.4, -0.2) is 72.4 Å². The van der Waals surface area contributed by atoms with E-state index in [2.05, 4.69) is 26.7 Å². The first-order valence-electron chi connectivity index (χ1n) is 9.03. The number of methoxy groups -OCH3 is 1. The Bertz CT molecular complexity index is 906. The van der Waals surface area contributed by atoms with Crippen LogP contribution in [0.2, 0.25) is 5.02 Å². The van der Waals surface area contributed by atoms with Gasteiger partial charge in [-0.25, -0.2) is 4.99 Å². The zero-order valence-electron chi connectivity index (χ0n) is 16.1. The van der Waals surface area contributed by atoms with Gasteiger partial charge in [0.25, 0.3) is 0 Å². The van der Waals surface area contributed by atoms with Crippen LogP contribution in [0.25, 0.3) is 0 Å². The molecule has 1 aliphatic heterocycles. The van der Waals surface area contributed by atoms with Gasteiger partial charge in [0.1, 0.15) is 24.1 Å². The van der Waals surface area contributed by atoms with E-state index in [-0.39, 0.29) is 19.1 Å². The molecule has 29 heavy (non-hydrogen) atoms. The van der Waals surface area contributed by atoms with Crippen molar-refractivity contribution in [3.05, 3.63) is 41.2 Å². The lowest BCUT2D eigenvalue weighted by molar-refractivity contribution is -0.132. The van der Waals surface area contributed by atoms with Crippen LogP contribution in [0.1, 0.15) is 5.56 Å². The van der Waals surface area contributed by atoms with Crippen molar-refractivity contribution in [2.75, 3.05) is 44.9 Å². The normalized spacial score (nSPS) is 14.8. The molecule has 0 aliphatic carbocycles. The number of aliphatic imine (C=N–C) groups is 2. The first-order chi connectivity index (χ1) is 14.0. The minimum Gasteiger partial charge on any atom is -0.495 e. The van der Waals surface area contributed by atoms with Gasteiger partial charge in [-0.2, -0.15) is 5.10 Å². The molecule has 3 rings (SSSR count). The van der Waals surface area contributed by atoms with Gasteiger partial charge in [0.15, 0.2) is 0 Å². The standard InChI is InChI=1S/C19H22Cl2N6O2/c1-22-13-23-19(21)14-10-24-27(11-14)12-18(28)26-7-5-25(6-8-26)15-3-4-16(20)17(9-15)29-2/h3-4,9-11H,1,5-8,12-13H2,2H3/b23-19+. The molecule has 0 bridgehead atoms. The minimum atomic E-state index is 0.00815. The Labute approximate surface area is 179 Å². The third kappa shape index (κ3) is 5.27. The van der Waals surface area contributed by atoms with Crippen molar-refractivity contribution in [3.8, 4) is 5.75 Å². The van der Waals surface area contributed by atoms with Gasteiger partial charge in [0.05, 0.1) is 18.3 Å². The molecule has 154 valence electrons. The Balaban J connectivity index is 1.55. The Hall–Kier alpha value is -2.58. The van der Waals surface area contributed by atoms with E-state index in [0.29, 0.717) is 34.6 Å².